The lowest BCUT2D eigenvalue weighted by atomic mass is 9.82. The number of cyclic esters (lactones) is 1. The number of esters is 1. The molecule has 3 heterocycles. The van der Waals surface area contributed by atoms with E-state index in [4.69, 9.17) is 32.8 Å². The van der Waals surface area contributed by atoms with Crippen LogP contribution in [0.2, 0.25) is 18.1 Å². The summed E-state index contributed by atoms with van der Waals surface area (Å²) in [6.45, 7) is 18.8. The van der Waals surface area contributed by atoms with Crippen LogP contribution in [0.25, 0.3) is 0 Å². The van der Waals surface area contributed by atoms with E-state index in [0.717, 1.165) is 24.8 Å². The van der Waals surface area contributed by atoms with Crippen molar-refractivity contribution in [2.75, 3.05) is 35.0 Å². The lowest BCUT2D eigenvalue weighted by Gasteiger charge is -2.44. The van der Waals surface area contributed by atoms with Crippen molar-refractivity contribution in [2.24, 2.45) is 17.8 Å². The maximum Gasteiger partial charge on any atom is 0.329 e. The van der Waals surface area contributed by atoms with Gasteiger partial charge in [-0.25, -0.2) is 4.79 Å². The number of carbonyl (C=O) groups excluding carboxylic acids is 5. The van der Waals surface area contributed by atoms with Gasteiger partial charge in [-0.15, -0.1) is 0 Å². The third-order valence-corrected chi connectivity index (χ3v) is 20.4. The number of methoxy groups -OCH3 is 4. The maximum absolute atomic E-state index is 14.4. The highest BCUT2D eigenvalue weighted by molar-refractivity contribution is 6.74. The highest BCUT2D eigenvalue weighted by Crippen LogP contribution is 2.41. The zero-order valence-corrected chi connectivity index (χ0v) is 45.9. The van der Waals surface area contributed by atoms with Crippen LogP contribution in [0, 0.1) is 17.8 Å². The molecular formula is C55H89NO13Si. The molecule has 0 spiro atoms. The van der Waals surface area contributed by atoms with Gasteiger partial charge in [0.2, 0.25) is 5.79 Å². The first-order valence-electron chi connectivity index (χ1n) is 26.0. The monoisotopic (exact) mass is 1000 g/mol. The zero-order valence-electron chi connectivity index (χ0n) is 44.9. The Bertz CT molecular complexity index is 1890. The quantitative estimate of drug-likeness (QED) is 0.100. The predicted molar refractivity (Wildman–Crippen MR) is 272 cm³/mol. The molecule has 3 aliphatic heterocycles. The highest BCUT2D eigenvalue weighted by Gasteiger charge is 2.53. The lowest BCUT2D eigenvalue weighted by Crippen LogP contribution is -2.60. The van der Waals surface area contributed by atoms with E-state index in [2.05, 4.69) is 33.9 Å². The van der Waals surface area contributed by atoms with Gasteiger partial charge in [0.15, 0.2) is 14.1 Å². The van der Waals surface area contributed by atoms with Gasteiger partial charge in [0.25, 0.3) is 11.7 Å². The highest BCUT2D eigenvalue weighted by atomic mass is 28.4. The minimum Gasteiger partial charge on any atom is -0.460 e. The molecule has 3 fully saturated rings. The SMILES string of the molecule is CO[C@H]1C[C@@H]2CC[C@@H](C)[C@@](O)(O2)C(=O)C(=O)N2CCCC[C@H]2C(=O)O[C@H](CC[C@@H]2CCC(O[Si](C)(C)C(C)(C)C)[C@H](OC)C2)CC(=O)C/C=C(\C)[C@@H](OC)[C@@H](OC)C(=O)CC[C@H](C)/C=C/C=CC=C1C. The minimum atomic E-state index is -2.41. The Morgan fingerprint density at radius 2 is 1.51 bits per heavy atom. The molecule has 0 radical (unpaired) electrons. The van der Waals surface area contributed by atoms with E-state index in [0.29, 0.717) is 56.9 Å². The van der Waals surface area contributed by atoms with Gasteiger partial charge in [0.1, 0.15) is 30.1 Å². The number of piperidine rings is 1. The van der Waals surface area contributed by atoms with Crippen LogP contribution in [0.1, 0.15) is 145 Å². The van der Waals surface area contributed by atoms with E-state index in [1.165, 1.54) is 19.1 Å². The molecule has 1 N–H and O–H groups in total. The molecule has 15 heteroatoms. The average Bonchev–Trinajstić information content (AvgIpc) is 3.32. The molecule has 2 saturated heterocycles. The number of aliphatic hydroxyl groups is 1. The van der Waals surface area contributed by atoms with E-state index in [-0.39, 0.29) is 72.9 Å². The molecule has 0 aromatic heterocycles. The van der Waals surface area contributed by atoms with Crippen LogP contribution in [0.4, 0.5) is 0 Å². The van der Waals surface area contributed by atoms with Gasteiger partial charge >= 0.3 is 5.97 Å². The molecule has 4 rings (SSSR count). The fourth-order valence-electron chi connectivity index (χ4n) is 10.1. The zero-order chi connectivity index (χ0) is 52.0. The van der Waals surface area contributed by atoms with Crippen LogP contribution in [0.15, 0.2) is 47.6 Å². The molecule has 1 unspecified atom stereocenters. The number of nitrogens with zero attached hydrogens (tertiary/aromatic N) is 1. The first kappa shape index (κ1) is 59.4. The summed E-state index contributed by atoms with van der Waals surface area (Å²) in [4.78, 5) is 71.7. The average molecular weight is 1000 g/mol. The summed E-state index contributed by atoms with van der Waals surface area (Å²) >= 11 is 0. The molecule has 1 saturated carbocycles. The van der Waals surface area contributed by atoms with Crippen LogP contribution >= 0.6 is 0 Å². The summed E-state index contributed by atoms with van der Waals surface area (Å²) in [7, 11) is 4.25. The third kappa shape index (κ3) is 16.2. The van der Waals surface area contributed by atoms with Crippen LogP contribution in [0.5, 0.6) is 0 Å². The van der Waals surface area contributed by atoms with Gasteiger partial charge in [-0.1, -0.05) is 71.1 Å². The Hall–Kier alpha value is -3.15. The van der Waals surface area contributed by atoms with Crippen molar-refractivity contribution in [2.45, 2.75) is 217 Å². The molecule has 0 aromatic rings. The van der Waals surface area contributed by atoms with Crippen LogP contribution < -0.4 is 0 Å². The van der Waals surface area contributed by atoms with Crippen molar-refractivity contribution < 1.29 is 61.9 Å². The molecule has 1 aliphatic carbocycles. The van der Waals surface area contributed by atoms with Gasteiger partial charge < -0.3 is 42.9 Å². The van der Waals surface area contributed by atoms with Crippen molar-refractivity contribution >= 4 is 37.5 Å². The number of ketones is 3. The van der Waals surface area contributed by atoms with Crippen molar-refractivity contribution in [3.63, 3.8) is 0 Å². The van der Waals surface area contributed by atoms with Crippen LogP contribution in [-0.4, -0.2) is 137 Å². The van der Waals surface area contributed by atoms with E-state index in [9.17, 15) is 29.1 Å². The standard InChI is InChI=1S/C55H89NO13Si/c1-36-19-15-14-16-20-37(2)47(63-8)35-43-28-24-39(4)55(62,68-43)51(59)52(60)56-32-18-17-21-44(56)53(61)67-42(34-41(57)27-23-38(3)49(65-10)50(66-11)45(58)30-22-36)29-25-40-26-31-46(48(33-40)64-9)69-70(12,13)54(5,6)7/h14-16,19-20,23,36,39-40,42-44,46-50,62H,17-18,21-22,24-35H2,1-13H3/b16-14?,19-15+,37-20?,38-23+/t36-,39-,40-,42-,43+,44+,46?,47+,48-,49-,50+,55-/m1/s1. The normalized spacial score (nSPS) is 35.1. The molecule has 1 amide bonds. The largest absolute Gasteiger partial charge is 0.460 e. The Morgan fingerprint density at radius 1 is 0.800 bits per heavy atom. The summed E-state index contributed by atoms with van der Waals surface area (Å²) in [6, 6.07) is -1.09. The number of rotatable bonds is 9. The van der Waals surface area contributed by atoms with E-state index in [1.54, 1.807) is 27.2 Å². The Labute approximate surface area is 420 Å². The molecular weight excluding hydrogens is 911 g/mol. The van der Waals surface area contributed by atoms with Gasteiger partial charge in [0.05, 0.1) is 24.4 Å². The fraction of sp³-hybridized carbons (Fsp3) is 0.764. The van der Waals surface area contributed by atoms with Crippen LogP contribution in [0.3, 0.4) is 0 Å². The Balaban J connectivity index is 1.65. The van der Waals surface area contributed by atoms with Crippen molar-refractivity contribution in [3.05, 3.63) is 47.6 Å². The molecule has 14 nitrogen and oxygen atoms in total. The van der Waals surface area contributed by atoms with Crippen molar-refractivity contribution in [3.8, 4) is 0 Å². The number of amides is 1. The molecule has 396 valence electrons. The van der Waals surface area contributed by atoms with Gasteiger partial charge in [-0.3, -0.25) is 19.2 Å². The summed E-state index contributed by atoms with van der Waals surface area (Å²) in [5, 5.41) is 12.0. The summed E-state index contributed by atoms with van der Waals surface area (Å²) in [5.41, 5.74) is 1.57. The predicted octanol–water partition coefficient (Wildman–Crippen LogP) is 9.13. The van der Waals surface area contributed by atoms with Crippen molar-refractivity contribution in [1.82, 2.24) is 4.90 Å². The summed E-state index contributed by atoms with van der Waals surface area (Å²) in [6.07, 6.45) is 15.0. The number of fused-ring (bicyclic) bond motifs is 3. The number of hydrogen-bond donors (Lipinski definition) is 1. The van der Waals surface area contributed by atoms with Crippen LogP contribution in [-0.2, 0) is 56.8 Å². The molecule has 4 aliphatic rings. The Kier molecular flexibility index (Phi) is 23.1. The van der Waals surface area contributed by atoms with Gasteiger partial charge in [-0.05, 0) is 126 Å². The van der Waals surface area contributed by atoms with E-state index < -0.39 is 74.2 Å². The number of hydrogen-bond acceptors (Lipinski definition) is 13. The second-order valence-electron chi connectivity index (χ2n) is 22.1. The fourth-order valence-corrected chi connectivity index (χ4v) is 11.5. The maximum atomic E-state index is 14.4. The van der Waals surface area contributed by atoms with E-state index in [1.807, 2.05) is 51.2 Å². The Morgan fingerprint density at radius 3 is 2.17 bits per heavy atom. The minimum absolute atomic E-state index is 0.00149. The lowest BCUT2D eigenvalue weighted by molar-refractivity contribution is -0.265. The first-order chi connectivity index (χ1) is 33.0. The second kappa shape index (κ2) is 27.2. The van der Waals surface area contributed by atoms with Crippen molar-refractivity contribution in [1.29, 1.82) is 0 Å². The summed E-state index contributed by atoms with van der Waals surface area (Å²) < 4.78 is 42.7. The topological polar surface area (TPSA) is 173 Å². The second-order valence-corrected chi connectivity index (χ2v) is 26.8. The molecule has 0 aromatic carbocycles. The van der Waals surface area contributed by atoms with E-state index >= 15 is 0 Å². The molecule has 12 atom stereocenters. The number of Topliss-reactive ketones (excluding diaryl/α,β-unsaturated/α-hetero) is 3. The van der Waals surface area contributed by atoms with Gasteiger partial charge in [0, 0.05) is 66.6 Å². The number of carbonyl (C=O) groups is 5. The number of allylic oxidation sites excluding steroid dienone is 6. The number of ether oxygens (including phenoxy) is 6. The summed E-state index contributed by atoms with van der Waals surface area (Å²) in [5.74, 6) is -5.86. The molecule has 2 bridgehead atoms. The smallest absolute Gasteiger partial charge is 0.329 e. The third-order valence-electron chi connectivity index (χ3n) is 15.9. The van der Waals surface area contributed by atoms with Gasteiger partial charge in [-0.2, -0.15) is 0 Å². The molecule has 70 heavy (non-hydrogen) atoms. The first-order valence-corrected chi connectivity index (χ1v) is 28.9.